The Bertz CT molecular complexity index is 922. The van der Waals surface area contributed by atoms with Crippen molar-refractivity contribution in [3.8, 4) is 17.2 Å². The Kier molecular flexibility index (Phi) is 3.75. The van der Waals surface area contributed by atoms with Gasteiger partial charge in [0.25, 0.3) is 0 Å². The predicted molar refractivity (Wildman–Crippen MR) is 90.9 cm³/mol. The molecule has 3 aromatic rings. The van der Waals surface area contributed by atoms with E-state index in [4.69, 9.17) is 25.8 Å². The Morgan fingerprint density at radius 2 is 1.67 bits per heavy atom. The number of ether oxygens (including phenoxy) is 3. The molecule has 120 valence electrons. The van der Waals surface area contributed by atoms with E-state index in [0.717, 1.165) is 10.8 Å². The molecule has 1 atom stereocenters. The normalized spacial score (nSPS) is 16.0. The number of hydrogen-bond donors (Lipinski definition) is 0. The van der Waals surface area contributed by atoms with Gasteiger partial charge in [-0.15, -0.1) is 0 Å². The number of halogens is 1. The second-order valence-corrected chi connectivity index (χ2v) is 5.78. The maximum absolute atomic E-state index is 12.4. The summed E-state index contributed by atoms with van der Waals surface area (Å²) in [5.74, 6) is 1.10. The zero-order valence-corrected chi connectivity index (χ0v) is 13.3. The van der Waals surface area contributed by atoms with Gasteiger partial charge in [0.15, 0.2) is 11.5 Å². The molecular formula is C19H13ClO4. The van der Waals surface area contributed by atoms with Crippen LogP contribution in [0.3, 0.4) is 0 Å². The van der Waals surface area contributed by atoms with Crippen molar-refractivity contribution in [2.45, 2.75) is 6.10 Å². The Morgan fingerprint density at radius 1 is 0.958 bits per heavy atom. The molecule has 0 fully saturated rings. The quantitative estimate of drug-likeness (QED) is 0.517. The van der Waals surface area contributed by atoms with E-state index < -0.39 is 12.1 Å². The minimum atomic E-state index is -0.811. The van der Waals surface area contributed by atoms with E-state index in [9.17, 15) is 4.79 Å². The molecule has 0 N–H and O–H groups in total. The van der Waals surface area contributed by atoms with Crippen LogP contribution in [0.5, 0.6) is 17.2 Å². The van der Waals surface area contributed by atoms with Crippen molar-refractivity contribution in [1.29, 1.82) is 0 Å². The summed E-state index contributed by atoms with van der Waals surface area (Å²) in [6.45, 7) is 0.112. The van der Waals surface area contributed by atoms with Gasteiger partial charge in [-0.3, -0.25) is 0 Å². The van der Waals surface area contributed by atoms with Crippen LogP contribution in [0.15, 0.2) is 60.7 Å². The van der Waals surface area contributed by atoms with E-state index >= 15 is 0 Å². The Balaban J connectivity index is 1.58. The van der Waals surface area contributed by atoms with E-state index in [-0.39, 0.29) is 6.61 Å². The lowest BCUT2D eigenvalue weighted by Crippen LogP contribution is -2.39. The lowest BCUT2D eigenvalue weighted by Gasteiger charge is -2.25. The first kappa shape index (κ1) is 14.8. The predicted octanol–water partition coefficient (Wildman–Crippen LogP) is 4.24. The molecule has 1 heterocycles. The molecular weight excluding hydrogens is 328 g/mol. The molecule has 4 rings (SSSR count). The van der Waals surface area contributed by atoms with Crippen LogP contribution in [0.1, 0.15) is 0 Å². The average Bonchev–Trinajstić information content (AvgIpc) is 2.64. The molecule has 4 nitrogen and oxygen atoms in total. The third-order valence-electron chi connectivity index (χ3n) is 3.81. The standard InChI is InChI=1S/C19H13ClO4/c20-14-9-10-15(13-6-2-1-5-12(13)14)24-19(21)18-11-22-16-7-3-4-8-17(16)23-18/h1-10,18H,11H2/t18-/m1/s1. The first-order valence-corrected chi connectivity index (χ1v) is 7.87. The maximum Gasteiger partial charge on any atom is 0.356 e. The highest BCUT2D eigenvalue weighted by Gasteiger charge is 2.29. The molecule has 0 amide bonds. The summed E-state index contributed by atoms with van der Waals surface area (Å²) >= 11 is 6.19. The molecule has 0 aliphatic carbocycles. The van der Waals surface area contributed by atoms with Crippen molar-refractivity contribution < 1.29 is 19.0 Å². The van der Waals surface area contributed by atoms with Crippen LogP contribution in [0.2, 0.25) is 5.02 Å². The summed E-state index contributed by atoms with van der Waals surface area (Å²) < 4.78 is 16.8. The van der Waals surface area contributed by atoms with Crippen LogP contribution in [-0.2, 0) is 4.79 Å². The van der Waals surface area contributed by atoms with Gasteiger partial charge in [-0.25, -0.2) is 4.79 Å². The van der Waals surface area contributed by atoms with Crippen molar-refractivity contribution >= 4 is 28.3 Å². The van der Waals surface area contributed by atoms with Crippen molar-refractivity contribution in [1.82, 2.24) is 0 Å². The summed E-state index contributed by atoms with van der Waals surface area (Å²) in [6, 6.07) is 18.1. The molecule has 0 spiro atoms. The van der Waals surface area contributed by atoms with Gasteiger partial charge in [0.05, 0.1) is 0 Å². The lowest BCUT2D eigenvalue weighted by molar-refractivity contribution is -0.144. The van der Waals surface area contributed by atoms with Gasteiger partial charge < -0.3 is 14.2 Å². The summed E-state index contributed by atoms with van der Waals surface area (Å²) in [5, 5.41) is 2.21. The molecule has 0 radical (unpaired) electrons. The molecule has 0 aromatic heterocycles. The van der Waals surface area contributed by atoms with Crippen LogP contribution in [0, 0.1) is 0 Å². The second-order valence-electron chi connectivity index (χ2n) is 5.38. The zero-order chi connectivity index (χ0) is 16.5. The third kappa shape index (κ3) is 2.65. The van der Waals surface area contributed by atoms with Gasteiger partial charge in [0, 0.05) is 15.8 Å². The van der Waals surface area contributed by atoms with E-state index in [1.165, 1.54) is 0 Å². The fourth-order valence-corrected chi connectivity index (χ4v) is 2.86. The Labute approximate surface area is 143 Å². The highest BCUT2D eigenvalue weighted by Crippen LogP contribution is 2.33. The molecule has 0 unspecified atom stereocenters. The highest BCUT2D eigenvalue weighted by atomic mass is 35.5. The number of esters is 1. The van der Waals surface area contributed by atoms with Crippen molar-refractivity contribution in [2.75, 3.05) is 6.61 Å². The van der Waals surface area contributed by atoms with Crippen LogP contribution >= 0.6 is 11.6 Å². The minimum absolute atomic E-state index is 0.112. The van der Waals surface area contributed by atoms with Crippen molar-refractivity contribution in [3.05, 3.63) is 65.7 Å². The van der Waals surface area contributed by atoms with E-state index in [2.05, 4.69) is 0 Å². The highest BCUT2D eigenvalue weighted by molar-refractivity contribution is 6.35. The van der Waals surface area contributed by atoms with Crippen LogP contribution in [-0.4, -0.2) is 18.7 Å². The molecule has 0 bridgehead atoms. The molecule has 1 aliphatic rings. The first-order chi connectivity index (χ1) is 11.7. The number of fused-ring (bicyclic) bond motifs is 2. The fraction of sp³-hybridized carbons (Fsp3) is 0.105. The molecule has 24 heavy (non-hydrogen) atoms. The topological polar surface area (TPSA) is 44.8 Å². The van der Waals surface area contributed by atoms with Gasteiger partial charge >= 0.3 is 5.97 Å². The summed E-state index contributed by atoms with van der Waals surface area (Å²) in [6.07, 6.45) is -0.811. The third-order valence-corrected chi connectivity index (χ3v) is 4.14. The second kappa shape index (κ2) is 6.06. The molecule has 0 saturated carbocycles. The lowest BCUT2D eigenvalue weighted by atomic mass is 10.1. The first-order valence-electron chi connectivity index (χ1n) is 7.50. The largest absolute Gasteiger partial charge is 0.485 e. The molecule has 1 aliphatic heterocycles. The maximum atomic E-state index is 12.4. The van der Waals surface area contributed by atoms with Gasteiger partial charge in [-0.05, 0) is 24.3 Å². The van der Waals surface area contributed by atoms with E-state index in [1.807, 2.05) is 36.4 Å². The monoisotopic (exact) mass is 340 g/mol. The average molecular weight is 341 g/mol. The van der Waals surface area contributed by atoms with Gasteiger partial charge in [-0.1, -0.05) is 48.0 Å². The van der Waals surface area contributed by atoms with Gasteiger partial charge in [0.2, 0.25) is 6.10 Å². The van der Waals surface area contributed by atoms with E-state index in [0.29, 0.717) is 22.3 Å². The van der Waals surface area contributed by atoms with Crippen LogP contribution in [0.4, 0.5) is 0 Å². The Morgan fingerprint density at radius 3 is 2.50 bits per heavy atom. The van der Waals surface area contributed by atoms with Gasteiger partial charge in [-0.2, -0.15) is 0 Å². The Hall–Kier alpha value is -2.72. The van der Waals surface area contributed by atoms with Crippen molar-refractivity contribution in [2.24, 2.45) is 0 Å². The van der Waals surface area contributed by atoms with Gasteiger partial charge in [0.1, 0.15) is 12.4 Å². The number of carbonyl (C=O) groups excluding carboxylic acids is 1. The summed E-state index contributed by atoms with van der Waals surface area (Å²) in [4.78, 5) is 12.4. The number of benzene rings is 3. The minimum Gasteiger partial charge on any atom is -0.485 e. The summed E-state index contributed by atoms with van der Waals surface area (Å²) in [5.41, 5.74) is 0. The SMILES string of the molecule is O=C(Oc1ccc(Cl)c2ccccc12)[C@H]1COc2ccccc2O1. The number of carbonyl (C=O) groups is 1. The summed E-state index contributed by atoms with van der Waals surface area (Å²) in [7, 11) is 0. The molecule has 3 aromatic carbocycles. The fourth-order valence-electron chi connectivity index (χ4n) is 2.63. The smallest absolute Gasteiger partial charge is 0.356 e. The molecule has 5 heteroatoms. The van der Waals surface area contributed by atoms with Crippen molar-refractivity contribution in [3.63, 3.8) is 0 Å². The number of para-hydroxylation sites is 2. The van der Waals surface area contributed by atoms with E-state index in [1.54, 1.807) is 24.3 Å². The number of rotatable bonds is 2. The van der Waals surface area contributed by atoms with Crippen LogP contribution in [0.25, 0.3) is 10.8 Å². The number of hydrogen-bond acceptors (Lipinski definition) is 4. The van der Waals surface area contributed by atoms with Crippen LogP contribution < -0.4 is 14.2 Å². The zero-order valence-electron chi connectivity index (χ0n) is 12.6. The molecule has 0 saturated heterocycles.